The predicted octanol–water partition coefficient (Wildman–Crippen LogP) is 0.0458. The van der Waals surface area contributed by atoms with Gasteiger partial charge in [-0.1, -0.05) is 13.0 Å². The van der Waals surface area contributed by atoms with Gasteiger partial charge in [-0.15, -0.1) is 0 Å². The first-order valence-electron chi connectivity index (χ1n) is 4.30. The van der Waals surface area contributed by atoms with Gasteiger partial charge in [0.2, 0.25) is 0 Å². The summed E-state index contributed by atoms with van der Waals surface area (Å²) in [4.78, 5) is 11.4. The minimum atomic E-state index is -0.178. The third kappa shape index (κ3) is 2.02. The predicted molar refractivity (Wildman–Crippen MR) is 51.3 cm³/mol. The molecule has 4 heteroatoms. The maximum absolute atomic E-state index is 11.4. The Labute approximate surface area is 77.9 Å². The van der Waals surface area contributed by atoms with Crippen LogP contribution in [0.1, 0.15) is 13.3 Å². The van der Waals surface area contributed by atoms with Crippen LogP contribution in [0.3, 0.4) is 0 Å². The van der Waals surface area contributed by atoms with Crippen LogP contribution in [-0.2, 0) is 4.79 Å². The largest absolute Gasteiger partial charge is 0.400 e. The van der Waals surface area contributed by atoms with Crippen LogP contribution in [0, 0.1) is 5.92 Å². The highest BCUT2D eigenvalue weighted by molar-refractivity contribution is 5.94. The van der Waals surface area contributed by atoms with Crippen LogP contribution in [0.25, 0.3) is 0 Å². The first-order valence-corrected chi connectivity index (χ1v) is 4.30. The Balaban J connectivity index is 2.98. The molecule has 0 saturated heterocycles. The van der Waals surface area contributed by atoms with Crippen LogP contribution in [-0.4, -0.2) is 13.0 Å². The van der Waals surface area contributed by atoms with Crippen LogP contribution in [0.2, 0.25) is 0 Å². The maximum Gasteiger partial charge on any atom is 0.273 e. The van der Waals surface area contributed by atoms with Gasteiger partial charge in [-0.25, -0.2) is 0 Å². The smallest absolute Gasteiger partial charge is 0.273 e. The number of hydrogen-bond donors (Lipinski definition) is 3. The Morgan fingerprint density at radius 3 is 3.00 bits per heavy atom. The molecule has 4 nitrogen and oxygen atoms in total. The highest BCUT2D eigenvalue weighted by atomic mass is 16.2. The zero-order valence-corrected chi connectivity index (χ0v) is 7.92. The summed E-state index contributed by atoms with van der Waals surface area (Å²) in [5.74, 6) is 0.0209. The minimum absolute atomic E-state index is 0.178. The van der Waals surface area contributed by atoms with Crippen LogP contribution in [0.15, 0.2) is 23.7 Å². The molecule has 1 atom stereocenters. The topological polar surface area (TPSA) is 67.2 Å². The van der Waals surface area contributed by atoms with E-state index in [0.717, 1.165) is 6.42 Å². The first-order chi connectivity index (χ1) is 6.16. The van der Waals surface area contributed by atoms with Crippen molar-refractivity contribution in [3.63, 3.8) is 0 Å². The van der Waals surface area contributed by atoms with Crippen molar-refractivity contribution in [3.05, 3.63) is 23.7 Å². The number of nitrogens with two attached hydrogens (primary N) is 1. The monoisotopic (exact) mass is 181 g/mol. The van der Waals surface area contributed by atoms with E-state index in [2.05, 4.69) is 10.6 Å². The normalized spacial score (nSPS) is 31.5. The lowest BCUT2D eigenvalue weighted by atomic mass is 10.0. The Morgan fingerprint density at radius 1 is 1.69 bits per heavy atom. The van der Waals surface area contributed by atoms with Crippen LogP contribution < -0.4 is 16.4 Å². The molecule has 72 valence electrons. The number of rotatable bonds is 1. The second kappa shape index (κ2) is 3.98. The second-order valence-electron chi connectivity index (χ2n) is 3.09. The van der Waals surface area contributed by atoms with E-state index in [4.69, 9.17) is 5.73 Å². The number of allylic oxidation sites excluding steroid dienone is 2. The van der Waals surface area contributed by atoms with Crippen LogP contribution in [0.5, 0.6) is 0 Å². The second-order valence-corrected chi connectivity index (χ2v) is 3.09. The fourth-order valence-corrected chi connectivity index (χ4v) is 1.24. The molecule has 1 heterocycles. The lowest BCUT2D eigenvalue weighted by Crippen LogP contribution is -2.32. The number of carbonyl (C=O) groups excluding carboxylic acids is 1. The van der Waals surface area contributed by atoms with Crippen molar-refractivity contribution < 1.29 is 4.79 Å². The van der Waals surface area contributed by atoms with Gasteiger partial charge in [-0.3, -0.25) is 4.79 Å². The van der Waals surface area contributed by atoms with Gasteiger partial charge in [0.25, 0.3) is 5.91 Å². The van der Waals surface area contributed by atoms with Crippen molar-refractivity contribution in [1.82, 2.24) is 10.6 Å². The molecule has 0 spiro atoms. The highest BCUT2D eigenvalue weighted by Crippen LogP contribution is 2.14. The van der Waals surface area contributed by atoms with Gasteiger partial charge in [-0.05, 0) is 6.42 Å². The maximum atomic E-state index is 11.4. The molecule has 0 aromatic rings. The molecule has 13 heavy (non-hydrogen) atoms. The molecule has 0 aromatic heterocycles. The summed E-state index contributed by atoms with van der Waals surface area (Å²) in [5.41, 5.74) is 6.90. The van der Waals surface area contributed by atoms with Crippen LogP contribution >= 0.6 is 0 Å². The van der Waals surface area contributed by atoms with Crippen molar-refractivity contribution in [2.24, 2.45) is 11.7 Å². The Bertz CT molecular complexity index is 268. The fraction of sp³-hybridized carbons (Fsp3) is 0.444. The van der Waals surface area contributed by atoms with E-state index in [1.54, 1.807) is 13.2 Å². The quantitative estimate of drug-likeness (QED) is 0.535. The van der Waals surface area contributed by atoms with Gasteiger partial charge in [0.05, 0.1) is 0 Å². The van der Waals surface area contributed by atoms with Gasteiger partial charge < -0.3 is 16.4 Å². The Morgan fingerprint density at radius 2 is 2.38 bits per heavy atom. The van der Waals surface area contributed by atoms with E-state index in [1.807, 2.05) is 13.0 Å². The van der Waals surface area contributed by atoms with Gasteiger partial charge in [0, 0.05) is 24.9 Å². The third-order valence-electron chi connectivity index (χ3n) is 2.12. The van der Waals surface area contributed by atoms with Gasteiger partial charge >= 0.3 is 0 Å². The number of likely N-dealkylation sites (N-methyl/N-ethyl adjacent to an activating group) is 1. The van der Waals surface area contributed by atoms with Gasteiger partial charge in [-0.2, -0.15) is 0 Å². The molecule has 0 fully saturated rings. The van der Waals surface area contributed by atoms with E-state index < -0.39 is 0 Å². The molecule has 0 aromatic carbocycles. The summed E-state index contributed by atoms with van der Waals surface area (Å²) in [7, 11) is 1.69. The zero-order valence-electron chi connectivity index (χ0n) is 7.92. The van der Waals surface area contributed by atoms with Gasteiger partial charge in [0.1, 0.15) is 5.70 Å². The summed E-state index contributed by atoms with van der Waals surface area (Å²) in [6.45, 7) is 2.00. The third-order valence-corrected chi connectivity index (χ3v) is 2.12. The molecule has 1 aliphatic rings. The number of carbonyl (C=O) groups is 1. The molecule has 1 unspecified atom stereocenters. The van der Waals surface area contributed by atoms with Crippen molar-refractivity contribution in [1.29, 1.82) is 0 Å². The molecule has 0 aliphatic carbocycles. The molecule has 0 bridgehead atoms. The molecular formula is C9H15N3O. The van der Waals surface area contributed by atoms with E-state index in [0.29, 0.717) is 11.4 Å². The SMILES string of the molecule is CN/C1=C(\N)C(C)C/C=C/NC1=O. The number of amides is 1. The molecular weight excluding hydrogens is 166 g/mol. The van der Waals surface area contributed by atoms with Crippen molar-refractivity contribution in [2.75, 3.05) is 7.05 Å². The molecule has 1 aliphatic heterocycles. The minimum Gasteiger partial charge on any atom is -0.400 e. The average Bonchev–Trinajstić information content (AvgIpc) is 2.11. The zero-order chi connectivity index (χ0) is 9.84. The Kier molecular flexibility index (Phi) is 2.95. The van der Waals surface area contributed by atoms with E-state index in [1.165, 1.54) is 0 Å². The first kappa shape index (κ1) is 9.64. The van der Waals surface area contributed by atoms with E-state index >= 15 is 0 Å². The van der Waals surface area contributed by atoms with E-state index in [-0.39, 0.29) is 11.8 Å². The van der Waals surface area contributed by atoms with Crippen LogP contribution in [0.4, 0.5) is 0 Å². The summed E-state index contributed by atoms with van der Waals surface area (Å²) < 4.78 is 0. The molecule has 4 N–H and O–H groups in total. The highest BCUT2D eigenvalue weighted by Gasteiger charge is 2.16. The van der Waals surface area contributed by atoms with E-state index in [9.17, 15) is 4.79 Å². The molecule has 1 rings (SSSR count). The summed E-state index contributed by atoms with van der Waals surface area (Å²) in [5, 5.41) is 5.43. The number of hydrogen-bond acceptors (Lipinski definition) is 3. The van der Waals surface area contributed by atoms with Crippen molar-refractivity contribution >= 4 is 5.91 Å². The average molecular weight is 181 g/mol. The number of nitrogens with one attached hydrogen (secondary N) is 2. The van der Waals surface area contributed by atoms with Crippen molar-refractivity contribution in [3.8, 4) is 0 Å². The lowest BCUT2D eigenvalue weighted by molar-refractivity contribution is -0.117. The summed E-state index contributed by atoms with van der Waals surface area (Å²) in [6.07, 6.45) is 4.40. The molecule has 0 radical (unpaired) electrons. The summed E-state index contributed by atoms with van der Waals surface area (Å²) in [6, 6.07) is 0. The lowest BCUT2D eigenvalue weighted by Gasteiger charge is -2.17. The molecule has 1 amide bonds. The fourth-order valence-electron chi connectivity index (χ4n) is 1.24. The van der Waals surface area contributed by atoms with Gasteiger partial charge in [0.15, 0.2) is 0 Å². The van der Waals surface area contributed by atoms with Crippen molar-refractivity contribution in [2.45, 2.75) is 13.3 Å². The Hall–Kier alpha value is -1.45. The standard InChI is InChI=1S/C9H15N3O/c1-6-4-3-5-12-9(13)8(11-2)7(6)10/h3,5-6,11H,4,10H2,1-2H3,(H,12,13)/b5-3+,8-7-. The summed E-state index contributed by atoms with van der Waals surface area (Å²) >= 11 is 0. The molecule has 0 saturated carbocycles.